The van der Waals surface area contributed by atoms with Crippen LogP contribution in [0.2, 0.25) is 0 Å². The average Bonchev–Trinajstić information content (AvgIpc) is 2.87. The van der Waals surface area contributed by atoms with Gasteiger partial charge in [-0.05, 0) is 19.3 Å². The second-order valence-corrected chi connectivity index (χ2v) is 4.12. The molecule has 13 heavy (non-hydrogen) atoms. The molecule has 0 aromatic rings. The fraction of sp³-hybridized carbons (Fsp3) is 0.889. The van der Waals surface area contributed by atoms with Crippen LogP contribution in [-0.4, -0.2) is 48.1 Å². The minimum absolute atomic E-state index is 0.162. The Morgan fingerprint density at radius 3 is 2.62 bits per heavy atom. The van der Waals surface area contributed by atoms with Gasteiger partial charge in [0.2, 0.25) is 0 Å². The summed E-state index contributed by atoms with van der Waals surface area (Å²) in [6.07, 6.45) is 3.29. The Balaban J connectivity index is 1.88. The summed E-state index contributed by atoms with van der Waals surface area (Å²) >= 11 is 0. The first-order chi connectivity index (χ1) is 6.18. The summed E-state index contributed by atoms with van der Waals surface area (Å²) in [5.41, 5.74) is 5.74. The minimum atomic E-state index is 0.162. The van der Waals surface area contributed by atoms with E-state index in [9.17, 15) is 4.79 Å². The Labute approximate surface area is 78.7 Å². The summed E-state index contributed by atoms with van der Waals surface area (Å²) in [5, 5.41) is 0. The molecule has 1 aliphatic heterocycles. The van der Waals surface area contributed by atoms with Crippen molar-refractivity contribution < 1.29 is 4.79 Å². The standard InChI is InChI=1S/C9H17N3O/c1-11(8-2-3-8)9(13)12-5-4-7(10)6-12/h7-8H,2-6,10H2,1H3. The third-order valence-corrected chi connectivity index (χ3v) is 2.89. The maximum absolute atomic E-state index is 11.8. The molecule has 0 aromatic heterocycles. The van der Waals surface area contributed by atoms with Gasteiger partial charge >= 0.3 is 6.03 Å². The summed E-state index contributed by atoms with van der Waals surface area (Å²) in [4.78, 5) is 15.5. The van der Waals surface area contributed by atoms with Crippen molar-refractivity contribution in [2.24, 2.45) is 5.73 Å². The van der Waals surface area contributed by atoms with Crippen LogP contribution in [0, 0.1) is 0 Å². The highest BCUT2D eigenvalue weighted by atomic mass is 16.2. The summed E-state index contributed by atoms with van der Waals surface area (Å²) in [5.74, 6) is 0. The predicted octanol–water partition coefficient (Wildman–Crippen LogP) is 0.234. The second kappa shape index (κ2) is 3.18. The van der Waals surface area contributed by atoms with Crippen LogP contribution in [0.3, 0.4) is 0 Å². The first-order valence-corrected chi connectivity index (χ1v) is 4.96. The zero-order chi connectivity index (χ0) is 9.42. The van der Waals surface area contributed by atoms with E-state index in [1.54, 1.807) is 0 Å². The van der Waals surface area contributed by atoms with Crippen molar-refractivity contribution in [3.05, 3.63) is 0 Å². The normalized spacial score (nSPS) is 27.8. The molecule has 1 saturated carbocycles. The summed E-state index contributed by atoms with van der Waals surface area (Å²) in [6.45, 7) is 1.56. The number of carbonyl (C=O) groups is 1. The monoisotopic (exact) mass is 183 g/mol. The van der Waals surface area contributed by atoms with Gasteiger partial charge in [-0.15, -0.1) is 0 Å². The summed E-state index contributed by atoms with van der Waals surface area (Å²) in [7, 11) is 1.89. The lowest BCUT2D eigenvalue weighted by Crippen LogP contribution is -2.41. The first kappa shape index (κ1) is 8.81. The molecule has 1 atom stereocenters. The quantitative estimate of drug-likeness (QED) is 0.633. The molecule has 4 nitrogen and oxygen atoms in total. The molecule has 0 radical (unpaired) electrons. The van der Waals surface area contributed by atoms with Gasteiger partial charge in [-0.25, -0.2) is 4.79 Å². The van der Waals surface area contributed by atoms with Crippen LogP contribution >= 0.6 is 0 Å². The number of urea groups is 1. The van der Waals surface area contributed by atoms with E-state index in [0.717, 1.165) is 19.5 Å². The Kier molecular flexibility index (Phi) is 2.15. The van der Waals surface area contributed by atoms with Gasteiger partial charge < -0.3 is 15.5 Å². The molecule has 1 saturated heterocycles. The Morgan fingerprint density at radius 1 is 1.46 bits per heavy atom. The van der Waals surface area contributed by atoms with E-state index in [0.29, 0.717) is 6.04 Å². The van der Waals surface area contributed by atoms with Crippen molar-refractivity contribution in [3.63, 3.8) is 0 Å². The van der Waals surface area contributed by atoms with Gasteiger partial charge in [0.25, 0.3) is 0 Å². The molecule has 74 valence electrons. The van der Waals surface area contributed by atoms with E-state index in [1.807, 2.05) is 16.8 Å². The van der Waals surface area contributed by atoms with Gasteiger partial charge in [-0.2, -0.15) is 0 Å². The second-order valence-electron chi connectivity index (χ2n) is 4.12. The lowest BCUT2D eigenvalue weighted by Gasteiger charge is -2.24. The van der Waals surface area contributed by atoms with E-state index in [4.69, 9.17) is 5.73 Å². The maximum Gasteiger partial charge on any atom is 0.320 e. The number of amides is 2. The maximum atomic E-state index is 11.8. The number of rotatable bonds is 1. The average molecular weight is 183 g/mol. The van der Waals surface area contributed by atoms with E-state index in [-0.39, 0.29) is 12.1 Å². The van der Waals surface area contributed by atoms with Gasteiger partial charge in [-0.1, -0.05) is 0 Å². The molecule has 2 amide bonds. The number of likely N-dealkylation sites (tertiary alicyclic amines) is 1. The van der Waals surface area contributed by atoms with Crippen LogP contribution in [-0.2, 0) is 0 Å². The number of nitrogens with two attached hydrogens (primary N) is 1. The molecule has 0 aromatic carbocycles. The van der Waals surface area contributed by atoms with Crippen LogP contribution in [0.25, 0.3) is 0 Å². The van der Waals surface area contributed by atoms with Crippen molar-refractivity contribution >= 4 is 6.03 Å². The lowest BCUT2D eigenvalue weighted by molar-refractivity contribution is 0.170. The Bertz CT molecular complexity index is 215. The van der Waals surface area contributed by atoms with Crippen LogP contribution in [0.5, 0.6) is 0 Å². The molecule has 1 aliphatic carbocycles. The lowest BCUT2D eigenvalue weighted by atomic mass is 10.3. The van der Waals surface area contributed by atoms with Crippen molar-refractivity contribution in [3.8, 4) is 0 Å². The number of carbonyl (C=O) groups excluding carboxylic acids is 1. The fourth-order valence-electron chi connectivity index (χ4n) is 1.80. The highest BCUT2D eigenvalue weighted by molar-refractivity contribution is 5.75. The smallest absolute Gasteiger partial charge is 0.320 e. The molecular formula is C9H17N3O. The van der Waals surface area contributed by atoms with Gasteiger partial charge in [0.15, 0.2) is 0 Å². The van der Waals surface area contributed by atoms with Crippen LogP contribution in [0.4, 0.5) is 4.79 Å². The zero-order valence-electron chi connectivity index (χ0n) is 8.07. The summed E-state index contributed by atoms with van der Waals surface area (Å²) < 4.78 is 0. The molecule has 4 heteroatoms. The van der Waals surface area contributed by atoms with Gasteiger partial charge in [0.1, 0.15) is 0 Å². The van der Waals surface area contributed by atoms with Crippen molar-refractivity contribution in [2.45, 2.75) is 31.3 Å². The Hall–Kier alpha value is -0.770. The molecule has 0 bridgehead atoms. The van der Waals surface area contributed by atoms with Crippen molar-refractivity contribution in [2.75, 3.05) is 20.1 Å². The molecule has 2 N–H and O–H groups in total. The molecule has 0 spiro atoms. The largest absolute Gasteiger partial charge is 0.326 e. The highest BCUT2D eigenvalue weighted by Gasteiger charge is 2.33. The minimum Gasteiger partial charge on any atom is -0.326 e. The molecule has 2 rings (SSSR count). The fourth-order valence-corrected chi connectivity index (χ4v) is 1.80. The molecule has 2 aliphatic rings. The predicted molar refractivity (Wildman–Crippen MR) is 50.3 cm³/mol. The van der Waals surface area contributed by atoms with Crippen LogP contribution in [0.1, 0.15) is 19.3 Å². The number of hydrogen-bond donors (Lipinski definition) is 1. The van der Waals surface area contributed by atoms with E-state index >= 15 is 0 Å². The zero-order valence-corrected chi connectivity index (χ0v) is 8.07. The third kappa shape index (κ3) is 1.77. The topological polar surface area (TPSA) is 49.6 Å². The van der Waals surface area contributed by atoms with E-state index < -0.39 is 0 Å². The molecule has 1 heterocycles. The third-order valence-electron chi connectivity index (χ3n) is 2.89. The SMILES string of the molecule is CN(C(=O)N1CCC(N)C1)C1CC1. The number of hydrogen-bond acceptors (Lipinski definition) is 2. The molecule has 1 unspecified atom stereocenters. The molecule has 2 fully saturated rings. The van der Waals surface area contributed by atoms with Crippen molar-refractivity contribution in [1.82, 2.24) is 9.80 Å². The summed E-state index contributed by atoms with van der Waals surface area (Å²) in [6, 6.07) is 0.858. The van der Waals surface area contributed by atoms with E-state index in [1.165, 1.54) is 12.8 Å². The van der Waals surface area contributed by atoms with Gasteiger partial charge in [-0.3, -0.25) is 0 Å². The molecular weight excluding hydrogens is 166 g/mol. The van der Waals surface area contributed by atoms with Crippen molar-refractivity contribution in [1.29, 1.82) is 0 Å². The Morgan fingerprint density at radius 2 is 2.15 bits per heavy atom. The highest BCUT2D eigenvalue weighted by Crippen LogP contribution is 2.26. The van der Waals surface area contributed by atoms with E-state index in [2.05, 4.69) is 0 Å². The number of nitrogens with zero attached hydrogens (tertiary/aromatic N) is 2. The van der Waals surface area contributed by atoms with Crippen LogP contribution < -0.4 is 5.73 Å². The van der Waals surface area contributed by atoms with Crippen LogP contribution in [0.15, 0.2) is 0 Å². The van der Waals surface area contributed by atoms with Gasteiger partial charge in [0.05, 0.1) is 0 Å². The first-order valence-electron chi connectivity index (χ1n) is 4.96. The van der Waals surface area contributed by atoms with Gasteiger partial charge in [0, 0.05) is 32.2 Å².